The molecule has 0 aliphatic carbocycles. The molecule has 0 bridgehead atoms. The molecule has 0 spiro atoms. The van der Waals surface area contributed by atoms with Crippen LogP contribution in [0.15, 0.2) is 0 Å². The fourth-order valence-corrected chi connectivity index (χ4v) is 3.89. The van der Waals surface area contributed by atoms with Crippen molar-refractivity contribution in [3.63, 3.8) is 0 Å². The summed E-state index contributed by atoms with van der Waals surface area (Å²) >= 11 is 2.07. The number of hydrogen-bond acceptors (Lipinski definition) is 4. The molecule has 0 aromatic carbocycles. The van der Waals surface area contributed by atoms with E-state index in [1.165, 1.54) is 44.4 Å². The molecule has 2 aliphatic heterocycles. The van der Waals surface area contributed by atoms with Gasteiger partial charge in [-0.3, -0.25) is 14.7 Å². The molecule has 2 aliphatic rings. The third kappa shape index (κ3) is 3.60. The van der Waals surface area contributed by atoms with E-state index < -0.39 is 0 Å². The molecule has 0 amide bonds. The van der Waals surface area contributed by atoms with Crippen molar-refractivity contribution < 1.29 is 0 Å². The van der Waals surface area contributed by atoms with Crippen LogP contribution in [0.2, 0.25) is 0 Å². The van der Waals surface area contributed by atoms with Crippen LogP contribution in [0.1, 0.15) is 20.8 Å². The van der Waals surface area contributed by atoms with E-state index in [9.17, 15) is 0 Å². The number of rotatable bonds is 2. The predicted octanol–water partition coefficient (Wildman–Crippen LogP) is 1.41. The second kappa shape index (κ2) is 5.47. The van der Waals surface area contributed by atoms with Gasteiger partial charge in [-0.2, -0.15) is 0 Å². The molecule has 3 nitrogen and oxygen atoms in total. The van der Waals surface area contributed by atoms with Gasteiger partial charge < -0.3 is 0 Å². The van der Waals surface area contributed by atoms with Crippen LogP contribution in [-0.2, 0) is 0 Å². The zero-order valence-electron chi connectivity index (χ0n) is 11.8. The lowest BCUT2D eigenvalue weighted by atomic mass is 10.0. The van der Waals surface area contributed by atoms with Crippen molar-refractivity contribution in [2.45, 2.75) is 32.4 Å². The highest BCUT2D eigenvalue weighted by Crippen LogP contribution is 2.21. The van der Waals surface area contributed by atoms with Gasteiger partial charge in [0, 0.05) is 55.9 Å². The van der Waals surface area contributed by atoms with E-state index in [0.29, 0.717) is 5.54 Å². The Morgan fingerprint density at radius 3 is 2.24 bits per heavy atom. The summed E-state index contributed by atoms with van der Waals surface area (Å²) in [5, 5.41) is 0. The summed E-state index contributed by atoms with van der Waals surface area (Å²) in [4.78, 5) is 7.76. The van der Waals surface area contributed by atoms with Crippen LogP contribution in [0, 0.1) is 0 Å². The SMILES string of the molecule is CN1CSCC1CN1CCN(C(C)(C)C)CC1. The molecular weight excluding hydrogens is 230 g/mol. The van der Waals surface area contributed by atoms with Crippen LogP contribution in [0.3, 0.4) is 0 Å². The number of piperazine rings is 1. The Bertz CT molecular complexity index is 244. The van der Waals surface area contributed by atoms with Gasteiger partial charge in [-0.25, -0.2) is 0 Å². The van der Waals surface area contributed by atoms with Crippen molar-refractivity contribution >= 4 is 11.8 Å². The Balaban J connectivity index is 1.76. The predicted molar refractivity (Wildman–Crippen MR) is 76.6 cm³/mol. The van der Waals surface area contributed by atoms with E-state index in [4.69, 9.17) is 0 Å². The van der Waals surface area contributed by atoms with Gasteiger partial charge in [0.15, 0.2) is 0 Å². The zero-order valence-corrected chi connectivity index (χ0v) is 12.6. The maximum Gasteiger partial charge on any atom is 0.0445 e. The lowest BCUT2D eigenvalue weighted by Gasteiger charge is -2.43. The van der Waals surface area contributed by atoms with Crippen molar-refractivity contribution in [1.82, 2.24) is 14.7 Å². The molecule has 2 heterocycles. The normalized spacial score (nSPS) is 30.0. The largest absolute Gasteiger partial charge is 0.299 e. The van der Waals surface area contributed by atoms with Crippen molar-refractivity contribution in [3.05, 3.63) is 0 Å². The van der Waals surface area contributed by atoms with E-state index in [1.807, 2.05) is 0 Å². The number of thioether (sulfide) groups is 1. The highest BCUT2D eigenvalue weighted by molar-refractivity contribution is 7.99. The second-order valence-corrected chi connectivity index (χ2v) is 7.37. The van der Waals surface area contributed by atoms with Gasteiger partial charge in [-0.05, 0) is 27.8 Å². The average Bonchev–Trinajstić information content (AvgIpc) is 2.64. The van der Waals surface area contributed by atoms with Gasteiger partial charge in [-0.1, -0.05) is 0 Å². The van der Waals surface area contributed by atoms with Crippen LogP contribution < -0.4 is 0 Å². The van der Waals surface area contributed by atoms with E-state index >= 15 is 0 Å². The minimum Gasteiger partial charge on any atom is -0.299 e. The molecule has 17 heavy (non-hydrogen) atoms. The van der Waals surface area contributed by atoms with Gasteiger partial charge in [-0.15, -0.1) is 11.8 Å². The van der Waals surface area contributed by atoms with Crippen molar-refractivity contribution in [2.75, 3.05) is 51.4 Å². The number of nitrogens with zero attached hydrogens (tertiary/aromatic N) is 3. The van der Waals surface area contributed by atoms with E-state index in [1.54, 1.807) is 0 Å². The van der Waals surface area contributed by atoms with Gasteiger partial charge >= 0.3 is 0 Å². The molecule has 2 fully saturated rings. The quantitative estimate of drug-likeness (QED) is 0.739. The highest BCUT2D eigenvalue weighted by Gasteiger charge is 2.29. The lowest BCUT2D eigenvalue weighted by Crippen LogP contribution is -2.55. The Morgan fingerprint density at radius 1 is 1.12 bits per heavy atom. The summed E-state index contributed by atoms with van der Waals surface area (Å²) < 4.78 is 0. The fraction of sp³-hybridized carbons (Fsp3) is 1.00. The van der Waals surface area contributed by atoms with Gasteiger partial charge in [0.25, 0.3) is 0 Å². The Labute approximate surface area is 111 Å². The topological polar surface area (TPSA) is 9.72 Å². The zero-order chi connectivity index (χ0) is 12.5. The second-order valence-electron chi connectivity index (χ2n) is 6.37. The first kappa shape index (κ1) is 13.7. The average molecular weight is 257 g/mol. The molecule has 1 atom stereocenters. The van der Waals surface area contributed by atoms with Crippen LogP contribution in [0.25, 0.3) is 0 Å². The molecule has 0 radical (unpaired) electrons. The third-order valence-electron chi connectivity index (χ3n) is 4.02. The highest BCUT2D eigenvalue weighted by atomic mass is 32.2. The van der Waals surface area contributed by atoms with E-state index in [0.717, 1.165) is 6.04 Å². The van der Waals surface area contributed by atoms with Crippen molar-refractivity contribution in [3.8, 4) is 0 Å². The molecule has 1 unspecified atom stereocenters. The first-order valence-corrected chi connectivity index (χ1v) is 7.87. The molecule has 4 heteroatoms. The fourth-order valence-electron chi connectivity index (χ4n) is 2.66. The number of hydrogen-bond donors (Lipinski definition) is 0. The summed E-state index contributed by atoms with van der Waals surface area (Å²) in [6, 6.07) is 0.779. The molecule has 0 saturated carbocycles. The minimum absolute atomic E-state index is 0.339. The Kier molecular flexibility index (Phi) is 4.40. The van der Waals surface area contributed by atoms with E-state index in [-0.39, 0.29) is 0 Å². The summed E-state index contributed by atoms with van der Waals surface area (Å²) in [6.45, 7) is 13.2. The third-order valence-corrected chi connectivity index (χ3v) is 5.23. The van der Waals surface area contributed by atoms with Crippen LogP contribution in [-0.4, -0.2) is 77.7 Å². The Morgan fingerprint density at radius 2 is 1.76 bits per heavy atom. The molecular formula is C13H27N3S. The maximum atomic E-state index is 2.65. The Hall–Kier alpha value is 0.230. The lowest BCUT2D eigenvalue weighted by molar-refractivity contribution is 0.0536. The molecule has 2 rings (SSSR count). The standard InChI is InChI=1S/C13H27N3S/c1-13(2,3)16-7-5-15(6-8-16)9-12-10-17-11-14(12)4/h12H,5-11H2,1-4H3. The summed E-state index contributed by atoms with van der Waals surface area (Å²) in [5.74, 6) is 2.53. The first-order chi connectivity index (χ1) is 7.97. The summed E-state index contributed by atoms with van der Waals surface area (Å²) in [7, 11) is 2.26. The van der Waals surface area contributed by atoms with E-state index in [2.05, 4.69) is 54.3 Å². The van der Waals surface area contributed by atoms with Gasteiger partial charge in [0.05, 0.1) is 0 Å². The first-order valence-electron chi connectivity index (χ1n) is 6.72. The molecule has 0 aromatic heterocycles. The monoisotopic (exact) mass is 257 g/mol. The molecule has 100 valence electrons. The molecule has 0 N–H and O–H groups in total. The number of likely N-dealkylation sites (N-methyl/N-ethyl adjacent to an activating group) is 1. The summed E-state index contributed by atoms with van der Waals surface area (Å²) in [5.41, 5.74) is 0.339. The van der Waals surface area contributed by atoms with Gasteiger partial charge in [0.2, 0.25) is 0 Å². The maximum absolute atomic E-state index is 2.65. The minimum atomic E-state index is 0.339. The molecule has 0 aromatic rings. The molecule has 2 saturated heterocycles. The summed E-state index contributed by atoms with van der Waals surface area (Å²) in [6.07, 6.45) is 0. The smallest absolute Gasteiger partial charge is 0.0445 e. The van der Waals surface area contributed by atoms with Crippen LogP contribution >= 0.6 is 11.8 Å². The van der Waals surface area contributed by atoms with Crippen LogP contribution in [0.5, 0.6) is 0 Å². The van der Waals surface area contributed by atoms with Crippen molar-refractivity contribution in [2.24, 2.45) is 0 Å². The van der Waals surface area contributed by atoms with Crippen molar-refractivity contribution in [1.29, 1.82) is 0 Å². The van der Waals surface area contributed by atoms with Crippen LogP contribution in [0.4, 0.5) is 0 Å². The van der Waals surface area contributed by atoms with Gasteiger partial charge in [0.1, 0.15) is 0 Å².